The van der Waals surface area contributed by atoms with Gasteiger partial charge in [0.2, 0.25) is 0 Å². The van der Waals surface area contributed by atoms with Crippen molar-refractivity contribution in [3.63, 3.8) is 0 Å². The molecule has 7 heteroatoms. The van der Waals surface area contributed by atoms with Gasteiger partial charge in [0, 0.05) is 0 Å². The Kier molecular flexibility index (Phi) is 5.16. The van der Waals surface area contributed by atoms with Gasteiger partial charge in [0.1, 0.15) is 22.8 Å². The summed E-state index contributed by atoms with van der Waals surface area (Å²) in [6.45, 7) is 11.4. The lowest BCUT2D eigenvalue weighted by Gasteiger charge is -2.40. The Labute approximate surface area is 136 Å². The number of imide groups is 1. The van der Waals surface area contributed by atoms with Gasteiger partial charge in [0.05, 0.1) is 0 Å². The molecule has 2 atom stereocenters. The maximum atomic E-state index is 12.4. The third-order valence-electron chi connectivity index (χ3n) is 3.16. The number of hydrogen-bond donors (Lipinski definition) is 1. The SMILES string of the molecule is CC(C)(C)OC(=O)[C@@H]1CC[C@@](C)(O)C(=O)N1C(=O)OC(C)(C)C. The Morgan fingerprint density at radius 1 is 1.13 bits per heavy atom. The molecule has 0 aromatic rings. The van der Waals surface area contributed by atoms with Gasteiger partial charge >= 0.3 is 12.1 Å². The summed E-state index contributed by atoms with van der Waals surface area (Å²) >= 11 is 0. The van der Waals surface area contributed by atoms with E-state index < -0.39 is 40.8 Å². The second kappa shape index (κ2) is 6.11. The average Bonchev–Trinajstić information content (AvgIpc) is 2.27. The first kappa shape index (κ1) is 19.4. The minimum Gasteiger partial charge on any atom is -0.458 e. The number of hydrogen-bond acceptors (Lipinski definition) is 6. The van der Waals surface area contributed by atoms with Crippen LogP contribution in [0.25, 0.3) is 0 Å². The molecule has 0 unspecified atom stereocenters. The van der Waals surface area contributed by atoms with E-state index in [9.17, 15) is 19.5 Å². The summed E-state index contributed by atoms with van der Waals surface area (Å²) in [4.78, 5) is 37.8. The van der Waals surface area contributed by atoms with Crippen LogP contribution in [-0.2, 0) is 19.1 Å². The Morgan fingerprint density at radius 2 is 1.61 bits per heavy atom. The number of rotatable bonds is 1. The lowest BCUT2D eigenvalue weighted by molar-refractivity contribution is -0.174. The van der Waals surface area contributed by atoms with Crippen molar-refractivity contribution in [2.45, 2.75) is 84.2 Å². The van der Waals surface area contributed by atoms with Gasteiger partial charge in [-0.15, -0.1) is 0 Å². The van der Waals surface area contributed by atoms with Crippen molar-refractivity contribution in [3.8, 4) is 0 Å². The number of carbonyl (C=O) groups excluding carboxylic acids is 3. The van der Waals surface area contributed by atoms with E-state index in [-0.39, 0.29) is 12.8 Å². The predicted octanol–water partition coefficient (Wildman–Crippen LogP) is 2.01. The summed E-state index contributed by atoms with van der Waals surface area (Å²) in [5.41, 5.74) is -3.30. The standard InChI is InChI=1S/C16H27NO6/c1-14(2,3)22-11(18)10-8-9-16(7,21)12(19)17(10)13(20)23-15(4,5)6/h10,21H,8-9H2,1-7H3/t10-,16+/m0/s1. The smallest absolute Gasteiger partial charge is 0.417 e. The first-order chi connectivity index (χ1) is 10.1. The number of carbonyl (C=O) groups is 3. The summed E-state index contributed by atoms with van der Waals surface area (Å²) in [5, 5.41) is 10.1. The molecule has 7 nitrogen and oxygen atoms in total. The number of esters is 1. The molecule has 2 amide bonds. The molecule has 1 aliphatic rings. The van der Waals surface area contributed by atoms with Crippen LogP contribution in [0.2, 0.25) is 0 Å². The molecule has 0 saturated carbocycles. The molecule has 0 radical (unpaired) electrons. The van der Waals surface area contributed by atoms with Crippen LogP contribution in [0.4, 0.5) is 4.79 Å². The van der Waals surface area contributed by atoms with Gasteiger partial charge in [-0.1, -0.05) is 0 Å². The van der Waals surface area contributed by atoms with Gasteiger partial charge in [-0.2, -0.15) is 0 Å². The Morgan fingerprint density at radius 3 is 2.04 bits per heavy atom. The Hall–Kier alpha value is -1.63. The minimum atomic E-state index is -1.71. The number of aliphatic hydroxyl groups is 1. The summed E-state index contributed by atoms with van der Waals surface area (Å²) < 4.78 is 10.5. The van der Waals surface area contributed by atoms with Gasteiger partial charge in [0.25, 0.3) is 5.91 Å². The van der Waals surface area contributed by atoms with Crippen LogP contribution in [-0.4, -0.2) is 50.8 Å². The van der Waals surface area contributed by atoms with Crippen molar-refractivity contribution in [3.05, 3.63) is 0 Å². The fourth-order valence-electron chi connectivity index (χ4n) is 2.17. The molecular formula is C16H27NO6. The first-order valence-corrected chi connectivity index (χ1v) is 7.66. The number of likely N-dealkylation sites (tertiary alicyclic amines) is 1. The highest BCUT2D eigenvalue weighted by atomic mass is 16.6. The zero-order chi connectivity index (χ0) is 18.2. The lowest BCUT2D eigenvalue weighted by Crippen LogP contribution is -2.61. The molecule has 23 heavy (non-hydrogen) atoms. The zero-order valence-electron chi connectivity index (χ0n) is 14.9. The highest BCUT2D eigenvalue weighted by molar-refractivity contribution is 6.01. The molecule has 0 spiro atoms. The van der Waals surface area contributed by atoms with Crippen molar-refractivity contribution in [1.29, 1.82) is 0 Å². The quantitative estimate of drug-likeness (QED) is 0.740. The van der Waals surface area contributed by atoms with Crippen molar-refractivity contribution in [2.24, 2.45) is 0 Å². The minimum absolute atomic E-state index is 0.0645. The Bertz CT molecular complexity index is 498. The van der Waals surface area contributed by atoms with E-state index in [2.05, 4.69) is 0 Å². The molecule has 0 aromatic carbocycles. The van der Waals surface area contributed by atoms with Gasteiger partial charge in [0.15, 0.2) is 0 Å². The molecule has 0 aromatic heterocycles. The second-order valence-electron chi connectivity index (χ2n) is 8.02. The van der Waals surface area contributed by atoms with Crippen LogP contribution in [0.1, 0.15) is 61.3 Å². The first-order valence-electron chi connectivity index (χ1n) is 7.66. The molecule has 132 valence electrons. The van der Waals surface area contributed by atoms with Crippen LogP contribution in [0.5, 0.6) is 0 Å². The van der Waals surface area contributed by atoms with Gasteiger partial charge in [-0.25, -0.2) is 14.5 Å². The van der Waals surface area contributed by atoms with E-state index in [1.807, 2.05) is 0 Å². The molecule has 1 fully saturated rings. The highest BCUT2D eigenvalue weighted by Gasteiger charge is 2.50. The topological polar surface area (TPSA) is 93.1 Å². The predicted molar refractivity (Wildman–Crippen MR) is 82.6 cm³/mol. The van der Waals surface area contributed by atoms with E-state index in [0.717, 1.165) is 0 Å². The van der Waals surface area contributed by atoms with Crippen molar-refractivity contribution >= 4 is 18.0 Å². The van der Waals surface area contributed by atoms with Crippen LogP contribution < -0.4 is 0 Å². The van der Waals surface area contributed by atoms with E-state index in [1.54, 1.807) is 41.5 Å². The van der Waals surface area contributed by atoms with Crippen molar-refractivity contribution < 1.29 is 29.0 Å². The fraction of sp³-hybridized carbons (Fsp3) is 0.812. The van der Waals surface area contributed by atoms with E-state index in [4.69, 9.17) is 9.47 Å². The molecular weight excluding hydrogens is 302 g/mol. The highest BCUT2D eigenvalue weighted by Crippen LogP contribution is 2.29. The maximum absolute atomic E-state index is 12.4. The normalized spacial score (nSPS) is 26.0. The van der Waals surface area contributed by atoms with Gasteiger partial charge in [-0.3, -0.25) is 4.79 Å². The van der Waals surface area contributed by atoms with Gasteiger partial charge < -0.3 is 14.6 Å². The van der Waals surface area contributed by atoms with Crippen LogP contribution in [0.15, 0.2) is 0 Å². The lowest BCUT2D eigenvalue weighted by atomic mass is 9.89. The number of piperidine rings is 1. The summed E-state index contributed by atoms with van der Waals surface area (Å²) in [6, 6.07) is -1.10. The molecule has 1 N–H and O–H groups in total. The third-order valence-corrected chi connectivity index (χ3v) is 3.16. The van der Waals surface area contributed by atoms with Crippen LogP contribution in [0.3, 0.4) is 0 Å². The molecule has 1 saturated heterocycles. The van der Waals surface area contributed by atoms with Gasteiger partial charge in [-0.05, 0) is 61.3 Å². The van der Waals surface area contributed by atoms with Crippen molar-refractivity contribution in [2.75, 3.05) is 0 Å². The van der Waals surface area contributed by atoms with Crippen LogP contribution in [0, 0.1) is 0 Å². The van der Waals surface area contributed by atoms with E-state index >= 15 is 0 Å². The summed E-state index contributed by atoms with van der Waals surface area (Å²) in [5.74, 6) is -1.54. The number of ether oxygens (including phenoxy) is 2. The number of amides is 2. The molecule has 1 rings (SSSR count). The van der Waals surface area contributed by atoms with Crippen molar-refractivity contribution in [1.82, 2.24) is 4.90 Å². The van der Waals surface area contributed by atoms with E-state index in [0.29, 0.717) is 4.90 Å². The molecule has 0 aliphatic carbocycles. The third kappa shape index (κ3) is 5.20. The monoisotopic (exact) mass is 329 g/mol. The number of nitrogens with zero attached hydrogens (tertiary/aromatic N) is 1. The molecule has 0 bridgehead atoms. The second-order valence-corrected chi connectivity index (χ2v) is 8.02. The van der Waals surface area contributed by atoms with Crippen LogP contribution >= 0.6 is 0 Å². The zero-order valence-corrected chi connectivity index (χ0v) is 14.9. The largest absolute Gasteiger partial charge is 0.458 e. The molecule has 1 aliphatic heterocycles. The molecule has 1 heterocycles. The van der Waals surface area contributed by atoms with E-state index in [1.165, 1.54) is 6.92 Å². The summed E-state index contributed by atoms with van der Waals surface area (Å²) in [7, 11) is 0. The Balaban J connectivity index is 3.10. The fourth-order valence-corrected chi connectivity index (χ4v) is 2.17. The average molecular weight is 329 g/mol. The summed E-state index contributed by atoms with van der Waals surface area (Å²) in [6.07, 6.45) is -0.777. The maximum Gasteiger partial charge on any atom is 0.417 e.